The Hall–Kier alpha value is -2.17. The van der Waals surface area contributed by atoms with Crippen LogP contribution in [0.1, 0.15) is 44.6 Å². The topological polar surface area (TPSA) is 69.4 Å². The van der Waals surface area contributed by atoms with E-state index in [0.29, 0.717) is 0 Å². The fraction of sp³-hybridized carbons (Fsp3) is 0.471. The van der Waals surface area contributed by atoms with Crippen molar-refractivity contribution in [2.45, 2.75) is 44.4 Å². The number of nitro benzene ring substituents is 1. The molecule has 0 aromatic heterocycles. The van der Waals surface area contributed by atoms with Crippen LogP contribution in [-0.4, -0.2) is 17.5 Å². The number of benzene rings is 1. The third-order valence-corrected chi connectivity index (χ3v) is 4.18. The Labute approximate surface area is 130 Å². The largest absolute Gasteiger partial charge is 0.461 e. The molecular formula is C17H21NO4. The van der Waals surface area contributed by atoms with Gasteiger partial charge >= 0.3 is 5.97 Å². The summed E-state index contributed by atoms with van der Waals surface area (Å²) < 4.78 is 5.41. The molecule has 5 heteroatoms. The van der Waals surface area contributed by atoms with Crippen molar-refractivity contribution in [3.63, 3.8) is 0 Å². The number of nitrogens with zero attached hydrogens (tertiary/aromatic N) is 1. The van der Waals surface area contributed by atoms with Gasteiger partial charge in [-0.1, -0.05) is 38.0 Å². The van der Waals surface area contributed by atoms with Crippen LogP contribution in [0, 0.1) is 10.1 Å². The van der Waals surface area contributed by atoms with E-state index in [4.69, 9.17) is 4.74 Å². The van der Waals surface area contributed by atoms with Gasteiger partial charge in [0.2, 0.25) is 0 Å². The highest BCUT2D eigenvalue weighted by Crippen LogP contribution is 2.41. The minimum atomic E-state index is -0.678. The predicted molar refractivity (Wildman–Crippen MR) is 83.6 cm³/mol. The van der Waals surface area contributed by atoms with Crippen molar-refractivity contribution >= 4 is 11.7 Å². The summed E-state index contributed by atoms with van der Waals surface area (Å²) in [5.74, 6) is -0.246. The molecule has 0 bridgehead atoms. The smallest absolute Gasteiger partial charge is 0.316 e. The fourth-order valence-electron chi connectivity index (χ4n) is 3.00. The molecule has 1 aliphatic rings. The predicted octanol–water partition coefficient (Wildman–Crippen LogP) is 3.92. The Kier molecular flexibility index (Phi) is 4.96. The van der Waals surface area contributed by atoms with Crippen molar-refractivity contribution in [3.8, 4) is 0 Å². The molecular weight excluding hydrogens is 282 g/mol. The van der Waals surface area contributed by atoms with Crippen molar-refractivity contribution < 1.29 is 14.5 Å². The van der Waals surface area contributed by atoms with Crippen molar-refractivity contribution in [2.24, 2.45) is 0 Å². The highest BCUT2D eigenvalue weighted by Gasteiger charge is 2.42. The molecule has 22 heavy (non-hydrogen) atoms. The van der Waals surface area contributed by atoms with E-state index in [0.717, 1.165) is 43.2 Å². The molecule has 5 nitrogen and oxygen atoms in total. The first-order chi connectivity index (χ1) is 10.5. The fourth-order valence-corrected chi connectivity index (χ4v) is 3.00. The maximum atomic E-state index is 12.6. The van der Waals surface area contributed by atoms with Crippen LogP contribution in [0.25, 0.3) is 0 Å². The average Bonchev–Trinajstić information content (AvgIpc) is 2.53. The van der Waals surface area contributed by atoms with Crippen molar-refractivity contribution in [2.75, 3.05) is 6.61 Å². The molecule has 1 saturated carbocycles. The van der Waals surface area contributed by atoms with Gasteiger partial charge in [0.25, 0.3) is 5.69 Å². The number of nitro groups is 1. The van der Waals surface area contributed by atoms with Crippen LogP contribution < -0.4 is 0 Å². The van der Waals surface area contributed by atoms with E-state index in [-0.39, 0.29) is 18.3 Å². The first-order valence-electron chi connectivity index (χ1n) is 7.52. The molecule has 0 N–H and O–H groups in total. The average molecular weight is 303 g/mol. The Morgan fingerprint density at radius 1 is 1.27 bits per heavy atom. The number of hydrogen-bond acceptors (Lipinski definition) is 4. The number of rotatable bonds is 5. The highest BCUT2D eigenvalue weighted by atomic mass is 16.6. The van der Waals surface area contributed by atoms with Crippen molar-refractivity contribution in [1.29, 1.82) is 0 Å². The lowest BCUT2D eigenvalue weighted by molar-refractivity contribution is -0.384. The molecule has 2 rings (SSSR count). The van der Waals surface area contributed by atoms with E-state index in [1.165, 1.54) is 12.1 Å². The summed E-state index contributed by atoms with van der Waals surface area (Å²) in [5.41, 5.74) is 0.959. The standard InChI is InChI=1S/C17H21NO4/c1-13(2)12-22-16(19)17(10-4-3-5-11-17)14-6-8-15(9-7-14)18(20)21/h6-9H,1,3-5,10-12H2,2H3. The van der Waals surface area contributed by atoms with Gasteiger partial charge in [0.05, 0.1) is 10.3 Å². The lowest BCUT2D eigenvalue weighted by atomic mass is 9.69. The van der Waals surface area contributed by atoms with E-state index < -0.39 is 10.3 Å². The molecule has 0 saturated heterocycles. The monoisotopic (exact) mass is 303 g/mol. The van der Waals surface area contributed by atoms with Crippen LogP contribution >= 0.6 is 0 Å². The van der Waals surface area contributed by atoms with Gasteiger partial charge in [-0.15, -0.1) is 0 Å². The Bertz CT molecular complexity index is 571. The summed E-state index contributed by atoms with van der Waals surface area (Å²) in [4.78, 5) is 23.0. The number of carbonyl (C=O) groups is 1. The van der Waals surface area contributed by atoms with Gasteiger partial charge < -0.3 is 4.74 Å². The summed E-state index contributed by atoms with van der Waals surface area (Å²) in [6.45, 7) is 5.77. The van der Waals surface area contributed by atoms with Gasteiger partial charge in [0.1, 0.15) is 6.61 Å². The molecule has 0 spiro atoms. The summed E-state index contributed by atoms with van der Waals surface area (Å²) >= 11 is 0. The van der Waals surface area contributed by atoms with Crippen LogP contribution in [0.5, 0.6) is 0 Å². The second-order valence-corrected chi connectivity index (χ2v) is 5.98. The molecule has 1 aromatic carbocycles. The minimum absolute atomic E-state index is 0.0324. The number of esters is 1. The van der Waals surface area contributed by atoms with Crippen LogP contribution in [0.4, 0.5) is 5.69 Å². The van der Waals surface area contributed by atoms with Crippen molar-refractivity contribution in [1.82, 2.24) is 0 Å². The van der Waals surface area contributed by atoms with Gasteiger partial charge in [-0.3, -0.25) is 14.9 Å². The molecule has 0 heterocycles. The zero-order valence-electron chi connectivity index (χ0n) is 12.8. The van der Waals surface area contributed by atoms with E-state index in [9.17, 15) is 14.9 Å². The summed E-state index contributed by atoms with van der Waals surface area (Å²) in [5, 5.41) is 10.8. The van der Waals surface area contributed by atoms with Crippen LogP contribution in [0.2, 0.25) is 0 Å². The van der Waals surface area contributed by atoms with E-state index in [1.807, 2.05) is 6.92 Å². The summed E-state index contributed by atoms with van der Waals surface area (Å²) in [7, 11) is 0. The van der Waals surface area contributed by atoms with Crippen LogP contribution in [0.3, 0.4) is 0 Å². The molecule has 118 valence electrons. The second kappa shape index (κ2) is 6.73. The number of non-ortho nitro benzene ring substituents is 1. The van der Waals surface area contributed by atoms with E-state index >= 15 is 0 Å². The zero-order valence-corrected chi connectivity index (χ0v) is 12.8. The Morgan fingerprint density at radius 2 is 1.86 bits per heavy atom. The lowest BCUT2D eigenvalue weighted by Crippen LogP contribution is -2.39. The zero-order chi connectivity index (χ0) is 16.2. The Balaban J connectivity index is 2.30. The molecule has 0 amide bonds. The van der Waals surface area contributed by atoms with Gasteiger partial charge in [-0.2, -0.15) is 0 Å². The maximum Gasteiger partial charge on any atom is 0.316 e. The molecule has 0 atom stereocenters. The highest BCUT2D eigenvalue weighted by molar-refractivity contribution is 5.83. The molecule has 0 radical (unpaired) electrons. The molecule has 1 fully saturated rings. The molecule has 0 unspecified atom stereocenters. The molecule has 1 aromatic rings. The van der Waals surface area contributed by atoms with E-state index in [1.54, 1.807) is 12.1 Å². The maximum absolute atomic E-state index is 12.6. The molecule has 0 aliphatic heterocycles. The summed E-state index contributed by atoms with van der Waals surface area (Å²) in [6.07, 6.45) is 4.46. The Morgan fingerprint density at radius 3 is 2.36 bits per heavy atom. The van der Waals surface area contributed by atoms with Crippen LogP contribution in [0.15, 0.2) is 36.4 Å². The number of hydrogen-bond donors (Lipinski definition) is 0. The van der Waals surface area contributed by atoms with E-state index in [2.05, 4.69) is 6.58 Å². The number of carbonyl (C=O) groups excluding carboxylic acids is 1. The molecule has 1 aliphatic carbocycles. The normalized spacial score (nSPS) is 16.8. The first-order valence-corrected chi connectivity index (χ1v) is 7.52. The third-order valence-electron chi connectivity index (χ3n) is 4.18. The number of ether oxygens (including phenoxy) is 1. The lowest BCUT2D eigenvalue weighted by Gasteiger charge is -2.35. The third kappa shape index (κ3) is 3.35. The van der Waals surface area contributed by atoms with Gasteiger partial charge in [-0.25, -0.2) is 0 Å². The van der Waals surface area contributed by atoms with Gasteiger partial charge in [-0.05, 0) is 30.9 Å². The SMILES string of the molecule is C=C(C)COC(=O)C1(c2ccc([N+](=O)[O-])cc2)CCCCC1. The van der Waals surface area contributed by atoms with Gasteiger partial charge in [0.15, 0.2) is 0 Å². The van der Waals surface area contributed by atoms with Crippen molar-refractivity contribution in [3.05, 3.63) is 52.1 Å². The van der Waals surface area contributed by atoms with Crippen LogP contribution in [-0.2, 0) is 14.9 Å². The quantitative estimate of drug-likeness (QED) is 0.358. The second-order valence-electron chi connectivity index (χ2n) is 5.98. The summed E-state index contributed by atoms with van der Waals surface area (Å²) in [6, 6.07) is 6.28. The van der Waals surface area contributed by atoms with Gasteiger partial charge in [0, 0.05) is 12.1 Å². The first kappa shape index (κ1) is 16.2. The minimum Gasteiger partial charge on any atom is -0.461 e.